The monoisotopic (exact) mass is 257 g/mol. The van der Waals surface area contributed by atoms with E-state index in [0.29, 0.717) is 0 Å². The van der Waals surface area contributed by atoms with Gasteiger partial charge in [0.15, 0.2) is 0 Å². The summed E-state index contributed by atoms with van der Waals surface area (Å²) in [6.45, 7) is 7.47. The molecule has 1 N–H and O–H groups in total. The van der Waals surface area contributed by atoms with Gasteiger partial charge in [-0.2, -0.15) is 0 Å². The van der Waals surface area contributed by atoms with Crippen molar-refractivity contribution in [2.45, 2.75) is 27.2 Å². The van der Waals surface area contributed by atoms with Crippen molar-refractivity contribution in [1.29, 1.82) is 0 Å². The zero-order chi connectivity index (χ0) is 14.0. The van der Waals surface area contributed by atoms with Crippen LogP contribution in [0.3, 0.4) is 0 Å². The standard InChI is InChI=1S/C16H23N3/c1-11-6-7-14(13(3)12(11)2)15-10-19(5)16(18-15)8-9-17-4/h6-7,10,17H,8-9H2,1-5H3. The summed E-state index contributed by atoms with van der Waals surface area (Å²) in [5, 5.41) is 3.17. The molecule has 0 atom stereocenters. The number of aryl methyl sites for hydroxylation is 2. The molecule has 0 amide bonds. The number of hydrogen-bond acceptors (Lipinski definition) is 2. The lowest BCUT2D eigenvalue weighted by Gasteiger charge is -2.09. The Kier molecular flexibility index (Phi) is 4.05. The third-order valence-electron chi connectivity index (χ3n) is 3.91. The van der Waals surface area contributed by atoms with Crippen LogP contribution in [-0.2, 0) is 13.5 Å². The van der Waals surface area contributed by atoms with E-state index >= 15 is 0 Å². The lowest BCUT2D eigenvalue weighted by atomic mass is 9.97. The summed E-state index contributed by atoms with van der Waals surface area (Å²) in [5.41, 5.74) is 6.36. The van der Waals surface area contributed by atoms with Crippen LogP contribution in [0.5, 0.6) is 0 Å². The molecule has 0 spiro atoms. The minimum atomic E-state index is 0.955. The maximum absolute atomic E-state index is 4.77. The first-order chi connectivity index (χ1) is 9.04. The van der Waals surface area contributed by atoms with Gasteiger partial charge >= 0.3 is 0 Å². The fraction of sp³-hybridized carbons (Fsp3) is 0.438. The number of aromatic nitrogens is 2. The van der Waals surface area contributed by atoms with Crippen molar-refractivity contribution < 1.29 is 0 Å². The number of imidazole rings is 1. The Labute approximate surface area is 115 Å². The molecule has 0 aliphatic rings. The quantitative estimate of drug-likeness (QED) is 0.912. The number of benzene rings is 1. The zero-order valence-electron chi connectivity index (χ0n) is 12.5. The molecule has 19 heavy (non-hydrogen) atoms. The van der Waals surface area contributed by atoms with Crippen LogP contribution in [0.15, 0.2) is 18.3 Å². The van der Waals surface area contributed by atoms with Gasteiger partial charge in [-0.25, -0.2) is 4.98 Å². The highest BCUT2D eigenvalue weighted by molar-refractivity contribution is 5.65. The maximum Gasteiger partial charge on any atom is 0.110 e. The first-order valence-electron chi connectivity index (χ1n) is 6.78. The topological polar surface area (TPSA) is 29.9 Å². The highest BCUT2D eigenvalue weighted by Gasteiger charge is 2.11. The average Bonchev–Trinajstić information content (AvgIpc) is 2.75. The van der Waals surface area contributed by atoms with E-state index in [9.17, 15) is 0 Å². The molecule has 1 aromatic carbocycles. The average molecular weight is 257 g/mol. The highest BCUT2D eigenvalue weighted by atomic mass is 15.0. The smallest absolute Gasteiger partial charge is 0.110 e. The van der Waals surface area contributed by atoms with Gasteiger partial charge in [0, 0.05) is 31.8 Å². The van der Waals surface area contributed by atoms with E-state index in [4.69, 9.17) is 4.98 Å². The molecule has 1 heterocycles. The third kappa shape index (κ3) is 2.71. The van der Waals surface area contributed by atoms with Gasteiger partial charge < -0.3 is 9.88 Å². The second-order valence-corrected chi connectivity index (χ2v) is 5.19. The predicted octanol–water partition coefficient (Wildman–Crippen LogP) is 2.77. The minimum absolute atomic E-state index is 0.955. The summed E-state index contributed by atoms with van der Waals surface area (Å²) in [7, 11) is 4.04. The van der Waals surface area contributed by atoms with Crippen LogP contribution in [0, 0.1) is 20.8 Å². The molecule has 2 aromatic rings. The van der Waals surface area contributed by atoms with E-state index in [2.05, 4.69) is 56.0 Å². The molecular formula is C16H23N3. The van der Waals surface area contributed by atoms with Crippen LogP contribution < -0.4 is 5.32 Å². The molecule has 0 saturated heterocycles. The van der Waals surface area contributed by atoms with Crippen molar-refractivity contribution in [2.75, 3.05) is 13.6 Å². The minimum Gasteiger partial charge on any atom is -0.337 e. The number of hydrogen-bond donors (Lipinski definition) is 1. The number of nitrogens with zero attached hydrogens (tertiary/aromatic N) is 2. The normalized spacial score (nSPS) is 11.0. The Hall–Kier alpha value is -1.61. The first kappa shape index (κ1) is 13.8. The Balaban J connectivity index is 2.40. The summed E-state index contributed by atoms with van der Waals surface area (Å²) in [6, 6.07) is 4.36. The van der Waals surface area contributed by atoms with Gasteiger partial charge in [-0.15, -0.1) is 0 Å². The van der Waals surface area contributed by atoms with Crippen molar-refractivity contribution in [3.8, 4) is 11.3 Å². The Morgan fingerprint density at radius 3 is 2.58 bits per heavy atom. The Morgan fingerprint density at radius 2 is 1.89 bits per heavy atom. The molecule has 102 valence electrons. The fourth-order valence-corrected chi connectivity index (χ4v) is 2.34. The van der Waals surface area contributed by atoms with Crippen molar-refractivity contribution >= 4 is 0 Å². The van der Waals surface area contributed by atoms with Gasteiger partial charge in [0.25, 0.3) is 0 Å². The van der Waals surface area contributed by atoms with E-state index in [1.165, 1.54) is 22.3 Å². The van der Waals surface area contributed by atoms with E-state index in [-0.39, 0.29) is 0 Å². The summed E-state index contributed by atoms with van der Waals surface area (Å²) < 4.78 is 2.13. The summed E-state index contributed by atoms with van der Waals surface area (Å²) in [6.07, 6.45) is 3.08. The van der Waals surface area contributed by atoms with Crippen molar-refractivity contribution in [2.24, 2.45) is 7.05 Å². The lowest BCUT2D eigenvalue weighted by Crippen LogP contribution is -2.12. The van der Waals surface area contributed by atoms with Crippen LogP contribution in [0.25, 0.3) is 11.3 Å². The molecule has 0 radical (unpaired) electrons. The Morgan fingerprint density at radius 1 is 1.16 bits per heavy atom. The van der Waals surface area contributed by atoms with Crippen molar-refractivity contribution in [3.05, 3.63) is 40.8 Å². The zero-order valence-corrected chi connectivity index (χ0v) is 12.5. The summed E-state index contributed by atoms with van der Waals surface area (Å²) in [4.78, 5) is 4.77. The molecule has 0 fully saturated rings. The highest BCUT2D eigenvalue weighted by Crippen LogP contribution is 2.26. The van der Waals surface area contributed by atoms with Crippen LogP contribution in [0.4, 0.5) is 0 Å². The summed E-state index contributed by atoms with van der Waals surface area (Å²) in [5.74, 6) is 1.13. The number of nitrogens with one attached hydrogen (secondary N) is 1. The molecule has 0 saturated carbocycles. The van der Waals surface area contributed by atoms with Gasteiger partial charge in [0.2, 0.25) is 0 Å². The number of likely N-dealkylation sites (N-methyl/N-ethyl adjacent to an activating group) is 1. The van der Waals surface area contributed by atoms with Crippen molar-refractivity contribution in [1.82, 2.24) is 14.9 Å². The fourth-order valence-electron chi connectivity index (χ4n) is 2.34. The lowest BCUT2D eigenvalue weighted by molar-refractivity contribution is 0.718. The molecule has 1 aromatic heterocycles. The first-order valence-corrected chi connectivity index (χ1v) is 6.78. The van der Waals surface area contributed by atoms with Gasteiger partial charge in [-0.3, -0.25) is 0 Å². The van der Waals surface area contributed by atoms with Gasteiger partial charge in [-0.05, 0) is 44.5 Å². The second-order valence-electron chi connectivity index (χ2n) is 5.19. The van der Waals surface area contributed by atoms with Crippen LogP contribution in [-0.4, -0.2) is 23.1 Å². The maximum atomic E-state index is 4.77. The molecular weight excluding hydrogens is 234 g/mol. The van der Waals surface area contributed by atoms with Gasteiger partial charge in [0.1, 0.15) is 5.82 Å². The summed E-state index contributed by atoms with van der Waals surface area (Å²) >= 11 is 0. The molecule has 3 nitrogen and oxygen atoms in total. The molecule has 0 unspecified atom stereocenters. The SMILES string of the molecule is CNCCc1nc(-c2ccc(C)c(C)c2C)cn1C. The molecule has 2 rings (SSSR count). The third-order valence-corrected chi connectivity index (χ3v) is 3.91. The van der Waals surface area contributed by atoms with E-state index < -0.39 is 0 Å². The largest absolute Gasteiger partial charge is 0.337 e. The molecule has 0 aliphatic heterocycles. The van der Waals surface area contributed by atoms with E-state index in [1.807, 2.05) is 7.05 Å². The van der Waals surface area contributed by atoms with E-state index in [1.54, 1.807) is 0 Å². The predicted molar refractivity (Wildman–Crippen MR) is 80.5 cm³/mol. The molecule has 0 bridgehead atoms. The number of rotatable bonds is 4. The van der Waals surface area contributed by atoms with E-state index in [0.717, 1.165) is 24.5 Å². The van der Waals surface area contributed by atoms with Gasteiger partial charge in [0.05, 0.1) is 5.69 Å². The molecule has 0 aliphatic carbocycles. The van der Waals surface area contributed by atoms with Crippen LogP contribution in [0.2, 0.25) is 0 Å². The Bertz CT molecular complexity index is 582. The van der Waals surface area contributed by atoms with Crippen LogP contribution in [0.1, 0.15) is 22.5 Å². The molecule has 3 heteroatoms. The van der Waals surface area contributed by atoms with Crippen LogP contribution >= 0.6 is 0 Å². The van der Waals surface area contributed by atoms with Crippen molar-refractivity contribution in [3.63, 3.8) is 0 Å². The second kappa shape index (κ2) is 5.57. The van der Waals surface area contributed by atoms with Gasteiger partial charge in [-0.1, -0.05) is 12.1 Å².